The van der Waals surface area contributed by atoms with Crippen molar-refractivity contribution < 1.29 is 13.6 Å². The zero-order valence-electron chi connectivity index (χ0n) is 12.7. The summed E-state index contributed by atoms with van der Waals surface area (Å²) in [4.78, 5) is 14.1. The number of hydrogen-bond donors (Lipinski definition) is 1. The zero-order valence-corrected chi connectivity index (χ0v) is 12.7. The smallest absolute Gasteiger partial charge is 0.260 e. The molecule has 0 aliphatic carbocycles. The van der Waals surface area contributed by atoms with Gasteiger partial charge in [0.2, 0.25) is 0 Å². The van der Waals surface area contributed by atoms with Gasteiger partial charge in [0.05, 0.1) is 0 Å². The second-order valence-corrected chi connectivity index (χ2v) is 5.90. The lowest BCUT2D eigenvalue weighted by Gasteiger charge is -2.30. The Kier molecular flexibility index (Phi) is 4.93. The highest BCUT2D eigenvalue weighted by molar-refractivity contribution is 5.95. The minimum absolute atomic E-state index is 0.112. The third kappa shape index (κ3) is 3.40. The first-order valence-corrected chi connectivity index (χ1v) is 7.40. The van der Waals surface area contributed by atoms with Crippen molar-refractivity contribution in [1.29, 1.82) is 0 Å². The number of hydrogen-bond acceptors (Lipinski definition) is 2. The summed E-state index contributed by atoms with van der Waals surface area (Å²) in [6, 6.07) is 2.59. The summed E-state index contributed by atoms with van der Waals surface area (Å²) >= 11 is 0. The number of rotatable bonds is 4. The average Bonchev–Trinajstić information content (AvgIpc) is 2.93. The van der Waals surface area contributed by atoms with E-state index in [1.54, 1.807) is 4.90 Å². The van der Waals surface area contributed by atoms with Crippen molar-refractivity contribution in [1.82, 2.24) is 10.2 Å². The predicted molar refractivity (Wildman–Crippen MR) is 78.3 cm³/mol. The van der Waals surface area contributed by atoms with E-state index in [1.807, 2.05) is 13.8 Å². The SMILES string of the molecule is Cc1ccc(F)c(C(=O)N(CC2CCCN2)C(C)C)c1F. The fourth-order valence-corrected chi connectivity index (χ4v) is 2.67. The summed E-state index contributed by atoms with van der Waals surface area (Å²) in [6.07, 6.45) is 2.05. The number of aryl methyl sites for hydroxylation is 1. The Labute approximate surface area is 124 Å². The Morgan fingerprint density at radius 1 is 1.43 bits per heavy atom. The molecule has 1 fully saturated rings. The fraction of sp³-hybridized carbons (Fsp3) is 0.562. The molecule has 1 N–H and O–H groups in total. The largest absolute Gasteiger partial charge is 0.334 e. The molecule has 1 aromatic carbocycles. The number of nitrogens with one attached hydrogen (secondary N) is 1. The topological polar surface area (TPSA) is 32.3 Å². The number of benzene rings is 1. The Balaban J connectivity index is 2.28. The van der Waals surface area contributed by atoms with Gasteiger partial charge in [0.1, 0.15) is 17.2 Å². The third-order valence-corrected chi connectivity index (χ3v) is 3.96. The summed E-state index contributed by atoms with van der Waals surface area (Å²) in [7, 11) is 0. The van der Waals surface area contributed by atoms with Gasteiger partial charge in [0.15, 0.2) is 0 Å². The Hall–Kier alpha value is -1.49. The van der Waals surface area contributed by atoms with Crippen LogP contribution >= 0.6 is 0 Å². The minimum Gasteiger partial charge on any atom is -0.334 e. The molecule has 0 spiro atoms. The second kappa shape index (κ2) is 6.52. The summed E-state index contributed by atoms with van der Waals surface area (Å²) in [6.45, 7) is 6.65. The van der Waals surface area contributed by atoms with Crippen molar-refractivity contribution in [2.24, 2.45) is 0 Å². The van der Waals surface area contributed by atoms with E-state index in [1.165, 1.54) is 13.0 Å². The van der Waals surface area contributed by atoms with Crippen LogP contribution in [0.2, 0.25) is 0 Å². The van der Waals surface area contributed by atoms with Gasteiger partial charge in [-0.1, -0.05) is 6.07 Å². The van der Waals surface area contributed by atoms with Crippen molar-refractivity contribution in [2.45, 2.75) is 45.7 Å². The fourth-order valence-electron chi connectivity index (χ4n) is 2.67. The standard InChI is InChI=1S/C16H22F2N2O/c1-10(2)20(9-12-5-4-8-19-12)16(21)14-13(17)7-6-11(3)15(14)18/h6-7,10,12,19H,4-5,8-9H2,1-3H3. The van der Waals surface area contributed by atoms with E-state index >= 15 is 0 Å². The van der Waals surface area contributed by atoms with Crippen LogP contribution in [-0.4, -0.2) is 36.0 Å². The van der Waals surface area contributed by atoms with Crippen molar-refractivity contribution in [3.63, 3.8) is 0 Å². The van der Waals surface area contributed by atoms with E-state index in [4.69, 9.17) is 0 Å². The lowest BCUT2D eigenvalue weighted by Crippen LogP contribution is -2.45. The molecular formula is C16H22F2N2O. The van der Waals surface area contributed by atoms with Crippen LogP contribution in [0.15, 0.2) is 12.1 Å². The number of carbonyl (C=O) groups is 1. The molecule has 3 nitrogen and oxygen atoms in total. The highest BCUT2D eigenvalue weighted by Gasteiger charge is 2.28. The van der Waals surface area contributed by atoms with Gasteiger partial charge >= 0.3 is 0 Å². The molecule has 1 heterocycles. The summed E-state index contributed by atoms with van der Waals surface area (Å²) < 4.78 is 28.1. The van der Waals surface area contributed by atoms with Crippen molar-refractivity contribution in [3.05, 3.63) is 34.9 Å². The molecule has 0 bridgehead atoms. The molecule has 116 valence electrons. The number of nitrogens with zero attached hydrogens (tertiary/aromatic N) is 1. The minimum atomic E-state index is -0.798. The number of halogens is 2. The van der Waals surface area contributed by atoms with Crippen LogP contribution in [0.3, 0.4) is 0 Å². The maximum atomic E-state index is 14.1. The number of carbonyl (C=O) groups excluding carboxylic acids is 1. The van der Waals surface area contributed by atoms with E-state index in [9.17, 15) is 13.6 Å². The van der Waals surface area contributed by atoms with Crippen LogP contribution in [0, 0.1) is 18.6 Å². The highest BCUT2D eigenvalue weighted by Crippen LogP contribution is 2.20. The molecule has 5 heteroatoms. The molecular weight excluding hydrogens is 274 g/mol. The van der Waals surface area contributed by atoms with E-state index in [0.717, 1.165) is 25.5 Å². The molecule has 1 aromatic rings. The van der Waals surface area contributed by atoms with Gasteiger partial charge in [0.25, 0.3) is 5.91 Å². The zero-order chi connectivity index (χ0) is 15.6. The lowest BCUT2D eigenvalue weighted by molar-refractivity contribution is 0.0679. The molecule has 1 aliphatic heterocycles. The molecule has 1 saturated heterocycles. The monoisotopic (exact) mass is 296 g/mol. The van der Waals surface area contributed by atoms with Gasteiger partial charge < -0.3 is 10.2 Å². The highest BCUT2D eigenvalue weighted by atomic mass is 19.1. The molecule has 0 saturated carbocycles. The van der Waals surface area contributed by atoms with Crippen LogP contribution in [-0.2, 0) is 0 Å². The maximum Gasteiger partial charge on any atom is 0.260 e. The predicted octanol–water partition coefficient (Wildman–Crippen LogP) is 2.88. The Morgan fingerprint density at radius 2 is 2.14 bits per heavy atom. The molecule has 1 atom stereocenters. The molecule has 0 radical (unpaired) electrons. The van der Waals surface area contributed by atoms with Crippen molar-refractivity contribution >= 4 is 5.91 Å². The van der Waals surface area contributed by atoms with E-state index in [0.29, 0.717) is 6.54 Å². The Bertz CT molecular complexity index is 525. The van der Waals surface area contributed by atoms with Gasteiger partial charge in [-0.15, -0.1) is 0 Å². The average molecular weight is 296 g/mol. The third-order valence-electron chi connectivity index (χ3n) is 3.96. The van der Waals surface area contributed by atoms with Crippen LogP contribution < -0.4 is 5.32 Å². The van der Waals surface area contributed by atoms with Crippen LogP contribution in [0.4, 0.5) is 8.78 Å². The first-order chi connectivity index (χ1) is 9.91. The van der Waals surface area contributed by atoms with E-state index in [2.05, 4.69) is 5.32 Å². The maximum absolute atomic E-state index is 14.1. The normalized spacial score (nSPS) is 18.3. The summed E-state index contributed by atoms with van der Waals surface area (Å²) in [5.41, 5.74) is -0.163. The second-order valence-electron chi connectivity index (χ2n) is 5.90. The van der Waals surface area contributed by atoms with Crippen LogP contribution in [0.1, 0.15) is 42.6 Å². The summed E-state index contributed by atoms with van der Waals surface area (Å²) in [5, 5.41) is 3.31. The molecule has 1 amide bonds. The van der Waals surface area contributed by atoms with Gasteiger partial charge in [-0.05, 0) is 51.8 Å². The van der Waals surface area contributed by atoms with Crippen LogP contribution in [0.5, 0.6) is 0 Å². The first-order valence-electron chi connectivity index (χ1n) is 7.40. The first kappa shape index (κ1) is 15.9. The van der Waals surface area contributed by atoms with E-state index < -0.39 is 23.1 Å². The van der Waals surface area contributed by atoms with Crippen molar-refractivity contribution in [2.75, 3.05) is 13.1 Å². The molecule has 1 unspecified atom stereocenters. The van der Waals surface area contributed by atoms with Gasteiger partial charge in [-0.2, -0.15) is 0 Å². The quantitative estimate of drug-likeness (QED) is 0.926. The lowest BCUT2D eigenvalue weighted by atomic mass is 10.1. The van der Waals surface area contributed by atoms with Crippen LogP contribution in [0.25, 0.3) is 0 Å². The molecule has 21 heavy (non-hydrogen) atoms. The molecule has 2 rings (SSSR count). The molecule has 1 aliphatic rings. The van der Waals surface area contributed by atoms with E-state index in [-0.39, 0.29) is 17.6 Å². The van der Waals surface area contributed by atoms with Gasteiger partial charge in [0, 0.05) is 18.6 Å². The van der Waals surface area contributed by atoms with Gasteiger partial charge in [-0.25, -0.2) is 8.78 Å². The summed E-state index contributed by atoms with van der Waals surface area (Å²) in [5.74, 6) is -2.13. The number of amides is 1. The van der Waals surface area contributed by atoms with Gasteiger partial charge in [-0.3, -0.25) is 4.79 Å². The Morgan fingerprint density at radius 3 is 2.71 bits per heavy atom. The molecule has 0 aromatic heterocycles. The van der Waals surface area contributed by atoms with Crippen molar-refractivity contribution in [3.8, 4) is 0 Å².